The van der Waals surface area contributed by atoms with Crippen LogP contribution >= 0.6 is 0 Å². The number of anilines is 2. The molecule has 0 unspecified atom stereocenters. The number of ether oxygens (including phenoxy) is 2. The summed E-state index contributed by atoms with van der Waals surface area (Å²) in [6.07, 6.45) is 1.95. The number of nitrogen functional groups attached to an aromatic ring is 1. The van der Waals surface area contributed by atoms with Crippen LogP contribution in [0, 0.1) is 0 Å². The molecule has 0 saturated carbocycles. The molecule has 2 aromatic rings. The van der Waals surface area contributed by atoms with Gasteiger partial charge < -0.3 is 20.5 Å². The van der Waals surface area contributed by atoms with Crippen molar-refractivity contribution in [1.29, 1.82) is 0 Å². The molecule has 2 rings (SSSR count). The normalized spacial score (nSPS) is 10.3. The fourth-order valence-corrected chi connectivity index (χ4v) is 2.11. The van der Waals surface area contributed by atoms with Crippen LogP contribution in [0.5, 0.6) is 11.5 Å². The maximum absolute atomic E-state index is 5.81. The van der Waals surface area contributed by atoms with Crippen molar-refractivity contribution in [2.45, 2.75) is 33.2 Å². The zero-order valence-corrected chi connectivity index (χ0v) is 14.0. The van der Waals surface area contributed by atoms with Crippen LogP contribution in [0.4, 0.5) is 11.4 Å². The molecule has 0 bridgehead atoms. The average molecular weight is 314 g/mol. The molecule has 0 aliphatic carbocycles. The van der Waals surface area contributed by atoms with Crippen molar-refractivity contribution in [2.75, 3.05) is 24.3 Å². The lowest BCUT2D eigenvalue weighted by molar-refractivity contribution is 0.268. The summed E-state index contributed by atoms with van der Waals surface area (Å²) in [5.41, 5.74) is 8.68. The van der Waals surface area contributed by atoms with Crippen LogP contribution < -0.4 is 20.5 Å². The minimum absolute atomic E-state index is 0.684. The lowest BCUT2D eigenvalue weighted by Gasteiger charge is -2.14. The average Bonchev–Trinajstić information content (AvgIpc) is 2.58. The lowest BCUT2D eigenvalue weighted by Crippen LogP contribution is -2.03. The van der Waals surface area contributed by atoms with Crippen LogP contribution in [0.25, 0.3) is 0 Å². The second kappa shape index (κ2) is 8.93. The number of nitrogens with two attached hydrogens (primary N) is 1. The van der Waals surface area contributed by atoms with Crippen molar-refractivity contribution in [3.05, 3.63) is 48.0 Å². The van der Waals surface area contributed by atoms with Crippen molar-refractivity contribution in [2.24, 2.45) is 0 Å². The predicted octanol–water partition coefficient (Wildman–Crippen LogP) is 4.46. The fraction of sp³-hybridized carbons (Fsp3) is 0.368. The number of nitrogens with one attached hydrogen (secondary N) is 1. The first-order chi connectivity index (χ1) is 11.2. The number of hydrogen-bond donors (Lipinski definition) is 2. The van der Waals surface area contributed by atoms with Gasteiger partial charge in [0.25, 0.3) is 0 Å². The molecule has 23 heavy (non-hydrogen) atoms. The summed E-state index contributed by atoms with van der Waals surface area (Å²) in [5, 5.41) is 3.40. The minimum atomic E-state index is 0.684. The van der Waals surface area contributed by atoms with E-state index >= 15 is 0 Å². The van der Waals surface area contributed by atoms with Gasteiger partial charge in [-0.25, -0.2) is 0 Å². The zero-order valence-electron chi connectivity index (χ0n) is 14.0. The second-order valence-electron chi connectivity index (χ2n) is 5.45. The quantitative estimate of drug-likeness (QED) is 0.671. The van der Waals surface area contributed by atoms with Crippen LogP contribution in [0.3, 0.4) is 0 Å². The van der Waals surface area contributed by atoms with Gasteiger partial charge in [-0.15, -0.1) is 0 Å². The van der Waals surface area contributed by atoms with E-state index < -0.39 is 0 Å². The van der Waals surface area contributed by atoms with Crippen LogP contribution in [0.1, 0.15) is 32.3 Å². The molecular formula is C19H26N2O2. The Morgan fingerprint density at radius 2 is 1.52 bits per heavy atom. The highest BCUT2D eigenvalue weighted by Crippen LogP contribution is 2.31. The first-order valence-corrected chi connectivity index (χ1v) is 8.20. The largest absolute Gasteiger partial charge is 0.490 e. The van der Waals surface area contributed by atoms with Gasteiger partial charge in [0.2, 0.25) is 0 Å². The molecule has 0 spiro atoms. The van der Waals surface area contributed by atoms with E-state index in [1.807, 2.05) is 42.5 Å². The van der Waals surface area contributed by atoms with Gasteiger partial charge in [-0.3, -0.25) is 0 Å². The van der Waals surface area contributed by atoms with Gasteiger partial charge >= 0.3 is 0 Å². The standard InChI is InChI=1S/C19H26N2O2/c1-3-11-22-18-10-9-17(13-19(18)23-12-4-2)21-14-15-5-7-16(20)8-6-15/h5-10,13,21H,3-4,11-12,14,20H2,1-2H3. The molecule has 0 radical (unpaired) electrons. The van der Waals surface area contributed by atoms with Crippen molar-refractivity contribution < 1.29 is 9.47 Å². The molecule has 3 N–H and O–H groups in total. The molecule has 0 fully saturated rings. The maximum Gasteiger partial charge on any atom is 0.163 e. The molecule has 0 saturated heterocycles. The molecule has 2 aromatic carbocycles. The van der Waals surface area contributed by atoms with E-state index in [-0.39, 0.29) is 0 Å². The molecule has 0 aromatic heterocycles. The third kappa shape index (κ3) is 5.40. The van der Waals surface area contributed by atoms with E-state index in [9.17, 15) is 0 Å². The Bertz CT molecular complexity index is 597. The SMILES string of the molecule is CCCOc1ccc(NCc2ccc(N)cc2)cc1OCCC. The molecule has 0 aliphatic rings. The molecule has 0 aliphatic heterocycles. The van der Waals surface area contributed by atoms with Crippen LogP contribution in [-0.4, -0.2) is 13.2 Å². The van der Waals surface area contributed by atoms with Gasteiger partial charge in [-0.1, -0.05) is 26.0 Å². The van der Waals surface area contributed by atoms with Gasteiger partial charge in [-0.05, 0) is 42.7 Å². The smallest absolute Gasteiger partial charge is 0.163 e. The third-order valence-corrected chi connectivity index (χ3v) is 3.34. The molecule has 0 amide bonds. The summed E-state index contributed by atoms with van der Waals surface area (Å²) in [4.78, 5) is 0. The van der Waals surface area contributed by atoms with Gasteiger partial charge in [0, 0.05) is 24.0 Å². The highest BCUT2D eigenvalue weighted by Gasteiger charge is 2.07. The van der Waals surface area contributed by atoms with E-state index in [0.717, 1.165) is 42.3 Å². The van der Waals surface area contributed by atoms with Gasteiger partial charge in [-0.2, -0.15) is 0 Å². The lowest BCUT2D eigenvalue weighted by atomic mass is 10.2. The number of hydrogen-bond acceptors (Lipinski definition) is 4. The first kappa shape index (κ1) is 17.0. The fourth-order valence-electron chi connectivity index (χ4n) is 2.11. The Hall–Kier alpha value is -2.36. The summed E-state index contributed by atoms with van der Waals surface area (Å²) >= 11 is 0. The third-order valence-electron chi connectivity index (χ3n) is 3.34. The van der Waals surface area contributed by atoms with Gasteiger partial charge in [0.05, 0.1) is 13.2 Å². The van der Waals surface area contributed by atoms with Crippen molar-refractivity contribution in [3.8, 4) is 11.5 Å². The summed E-state index contributed by atoms with van der Waals surface area (Å²) in [7, 11) is 0. The highest BCUT2D eigenvalue weighted by atomic mass is 16.5. The monoisotopic (exact) mass is 314 g/mol. The van der Waals surface area contributed by atoms with E-state index in [1.165, 1.54) is 5.56 Å². The van der Waals surface area contributed by atoms with Crippen molar-refractivity contribution in [3.63, 3.8) is 0 Å². The molecular weight excluding hydrogens is 288 g/mol. The Kier molecular flexibility index (Phi) is 6.60. The van der Waals surface area contributed by atoms with Crippen molar-refractivity contribution >= 4 is 11.4 Å². The van der Waals surface area contributed by atoms with Crippen LogP contribution in [0.2, 0.25) is 0 Å². The molecule has 0 heterocycles. The Morgan fingerprint density at radius 1 is 0.870 bits per heavy atom. The summed E-state index contributed by atoms with van der Waals surface area (Å²) in [5.74, 6) is 1.60. The Labute approximate surface area is 138 Å². The zero-order chi connectivity index (χ0) is 16.5. The summed E-state index contributed by atoms with van der Waals surface area (Å²) < 4.78 is 11.6. The summed E-state index contributed by atoms with van der Waals surface area (Å²) in [6, 6.07) is 13.8. The first-order valence-electron chi connectivity index (χ1n) is 8.20. The second-order valence-corrected chi connectivity index (χ2v) is 5.45. The number of rotatable bonds is 9. The molecule has 124 valence electrons. The van der Waals surface area contributed by atoms with Gasteiger partial charge in [0.15, 0.2) is 11.5 Å². The highest BCUT2D eigenvalue weighted by molar-refractivity contribution is 5.55. The van der Waals surface area contributed by atoms with E-state index in [1.54, 1.807) is 0 Å². The minimum Gasteiger partial charge on any atom is -0.490 e. The van der Waals surface area contributed by atoms with E-state index in [2.05, 4.69) is 19.2 Å². The predicted molar refractivity (Wildman–Crippen MR) is 96.2 cm³/mol. The number of benzene rings is 2. The van der Waals surface area contributed by atoms with Crippen LogP contribution in [0.15, 0.2) is 42.5 Å². The van der Waals surface area contributed by atoms with Crippen molar-refractivity contribution in [1.82, 2.24) is 0 Å². The van der Waals surface area contributed by atoms with Crippen LogP contribution in [-0.2, 0) is 6.54 Å². The molecule has 4 heteroatoms. The molecule has 4 nitrogen and oxygen atoms in total. The Morgan fingerprint density at radius 3 is 2.17 bits per heavy atom. The molecule has 0 atom stereocenters. The topological polar surface area (TPSA) is 56.5 Å². The Balaban J connectivity index is 2.04. The van der Waals surface area contributed by atoms with E-state index in [0.29, 0.717) is 13.2 Å². The van der Waals surface area contributed by atoms with Gasteiger partial charge in [0.1, 0.15) is 0 Å². The maximum atomic E-state index is 5.81. The summed E-state index contributed by atoms with van der Waals surface area (Å²) in [6.45, 7) is 6.30. The van der Waals surface area contributed by atoms with E-state index in [4.69, 9.17) is 15.2 Å².